The van der Waals surface area contributed by atoms with Crippen LogP contribution in [0, 0.1) is 5.41 Å². The van der Waals surface area contributed by atoms with Gasteiger partial charge in [0.05, 0.1) is 15.6 Å². The minimum absolute atomic E-state index is 0.0538. The van der Waals surface area contributed by atoms with Gasteiger partial charge in [0.2, 0.25) is 5.91 Å². The summed E-state index contributed by atoms with van der Waals surface area (Å²) in [5.41, 5.74) is 5.59. The largest absolute Gasteiger partial charge is 0.586 e. The Balaban J connectivity index is 1.58. The number of rotatable bonds is 3. The van der Waals surface area contributed by atoms with E-state index in [1.54, 1.807) is 0 Å². The lowest BCUT2D eigenvalue weighted by Gasteiger charge is -2.34. The number of carbonyl (C=O) groups is 1. The number of fused-ring (bicyclic) bond motifs is 2. The highest BCUT2D eigenvalue weighted by Gasteiger charge is 2.44. The van der Waals surface area contributed by atoms with Crippen LogP contribution >= 0.6 is 11.3 Å². The van der Waals surface area contributed by atoms with Gasteiger partial charge in [0.1, 0.15) is 0 Å². The number of benzene rings is 1. The lowest BCUT2D eigenvalue weighted by molar-refractivity contribution is -0.286. The molecule has 2 aliphatic heterocycles. The molecule has 2 aliphatic rings. The monoisotopic (exact) mass is 371 g/mol. The van der Waals surface area contributed by atoms with Gasteiger partial charge in [-0.15, -0.1) is 8.78 Å². The molecule has 3 N–H and O–H groups in total. The van der Waals surface area contributed by atoms with E-state index < -0.39 is 11.7 Å². The zero-order valence-corrected chi connectivity index (χ0v) is 13.8. The molecule has 2 aromatic rings. The number of aromatic nitrogens is 1. The standard InChI is InChI=1S/C15H15F2N3O4S/c16-15(17)23-9-5-8-11(6-10(9)24-15)25-13(19-8)20-12(21)14(7-18)1-3-22-4-2-14/h5-6H,1-4,7,18H2,(H,19,20,21). The second-order valence-corrected chi connectivity index (χ2v) is 7.03. The molecule has 3 heterocycles. The van der Waals surface area contributed by atoms with E-state index in [1.807, 2.05) is 0 Å². The van der Waals surface area contributed by atoms with Crippen molar-refractivity contribution in [2.75, 3.05) is 25.1 Å². The number of alkyl halides is 2. The molecule has 1 aromatic heterocycles. The van der Waals surface area contributed by atoms with Crippen LogP contribution in [0.2, 0.25) is 0 Å². The third kappa shape index (κ3) is 2.90. The van der Waals surface area contributed by atoms with Crippen LogP contribution in [0.15, 0.2) is 12.1 Å². The molecule has 0 spiro atoms. The van der Waals surface area contributed by atoms with E-state index in [4.69, 9.17) is 10.5 Å². The van der Waals surface area contributed by atoms with Gasteiger partial charge in [-0.05, 0) is 12.8 Å². The average Bonchev–Trinajstić information content (AvgIpc) is 3.09. The van der Waals surface area contributed by atoms with Crippen LogP contribution in [-0.2, 0) is 9.53 Å². The van der Waals surface area contributed by atoms with E-state index in [2.05, 4.69) is 19.8 Å². The lowest BCUT2D eigenvalue weighted by Crippen LogP contribution is -2.46. The number of carbonyl (C=O) groups excluding carboxylic acids is 1. The highest BCUT2D eigenvalue weighted by molar-refractivity contribution is 7.22. The molecule has 1 aromatic carbocycles. The number of hydrogen-bond acceptors (Lipinski definition) is 7. The number of nitrogens with zero attached hydrogens (tertiary/aromatic N) is 1. The summed E-state index contributed by atoms with van der Waals surface area (Å²) in [5, 5.41) is 3.16. The first-order valence-electron chi connectivity index (χ1n) is 7.71. The molecule has 0 bridgehead atoms. The summed E-state index contributed by atoms with van der Waals surface area (Å²) in [5.74, 6) is -0.339. The van der Waals surface area contributed by atoms with Crippen LogP contribution in [-0.4, -0.2) is 36.9 Å². The van der Waals surface area contributed by atoms with Crippen LogP contribution in [0.4, 0.5) is 13.9 Å². The van der Waals surface area contributed by atoms with Gasteiger partial charge in [0.25, 0.3) is 0 Å². The lowest BCUT2D eigenvalue weighted by atomic mass is 9.79. The number of amides is 1. The van der Waals surface area contributed by atoms with E-state index in [0.29, 0.717) is 41.4 Å². The molecule has 7 nitrogen and oxygen atoms in total. The van der Waals surface area contributed by atoms with E-state index >= 15 is 0 Å². The first-order valence-corrected chi connectivity index (χ1v) is 8.52. The molecule has 4 rings (SSSR count). The molecule has 1 amide bonds. The first kappa shape index (κ1) is 16.4. The predicted molar refractivity (Wildman–Crippen MR) is 86.0 cm³/mol. The van der Waals surface area contributed by atoms with Gasteiger partial charge in [-0.3, -0.25) is 4.79 Å². The molecule has 0 atom stereocenters. The number of ether oxygens (including phenoxy) is 3. The normalized spacial score (nSPS) is 20.6. The van der Waals surface area contributed by atoms with Crippen molar-refractivity contribution in [2.24, 2.45) is 11.1 Å². The molecule has 134 valence electrons. The van der Waals surface area contributed by atoms with Crippen LogP contribution in [0.25, 0.3) is 10.2 Å². The van der Waals surface area contributed by atoms with Gasteiger partial charge in [-0.25, -0.2) is 4.98 Å². The summed E-state index contributed by atoms with van der Waals surface area (Å²) >= 11 is 1.17. The SMILES string of the molecule is NCC1(C(=O)Nc2nc3cc4c(cc3s2)OC(F)(F)O4)CCOCC1. The number of hydrogen-bond donors (Lipinski definition) is 2. The molecule has 25 heavy (non-hydrogen) atoms. The maximum atomic E-state index is 13.1. The van der Waals surface area contributed by atoms with Crippen LogP contribution in [0.1, 0.15) is 12.8 Å². The Morgan fingerprint density at radius 2 is 1.96 bits per heavy atom. The van der Waals surface area contributed by atoms with Crippen molar-refractivity contribution in [3.63, 3.8) is 0 Å². The summed E-state index contributed by atoms with van der Waals surface area (Å²) in [6.07, 6.45) is -2.57. The number of anilines is 1. The molecule has 0 saturated carbocycles. The van der Waals surface area contributed by atoms with E-state index in [0.717, 1.165) is 0 Å². The predicted octanol–water partition coefficient (Wildman–Crippen LogP) is 2.31. The fourth-order valence-electron chi connectivity index (χ4n) is 2.94. The molecular weight excluding hydrogens is 356 g/mol. The van der Waals surface area contributed by atoms with Gasteiger partial charge in [-0.2, -0.15) is 0 Å². The molecule has 1 fully saturated rings. The first-order chi connectivity index (χ1) is 11.9. The van der Waals surface area contributed by atoms with Crippen molar-refractivity contribution >= 4 is 32.6 Å². The van der Waals surface area contributed by atoms with Crippen LogP contribution in [0.5, 0.6) is 11.5 Å². The van der Waals surface area contributed by atoms with Crippen molar-refractivity contribution in [3.8, 4) is 11.5 Å². The van der Waals surface area contributed by atoms with Crippen molar-refractivity contribution in [1.82, 2.24) is 4.98 Å². The Bertz CT molecular complexity index is 791. The van der Waals surface area contributed by atoms with E-state index in [9.17, 15) is 13.6 Å². The Kier molecular flexibility index (Phi) is 3.78. The minimum atomic E-state index is -3.67. The third-order valence-corrected chi connectivity index (χ3v) is 5.39. The van der Waals surface area contributed by atoms with Gasteiger partial charge in [0.15, 0.2) is 16.6 Å². The Hall–Kier alpha value is -2.04. The van der Waals surface area contributed by atoms with E-state index in [1.165, 1.54) is 23.5 Å². The van der Waals surface area contributed by atoms with Crippen molar-refractivity contribution in [2.45, 2.75) is 19.1 Å². The third-order valence-electron chi connectivity index (χ3n) is 4.45. The maximum Gasteiger partial charge on any atom is 0.586 e. The summed E-state index contributed by atoms with van der Waals surface area (Å²) in [6, 6.07) is 2.79. The number of nitrogens with two attached hydrogens (primary N) is 1. The topological polar surface area (TPSA) is 95.7 Å². The highest BCUT2D eigenvalue weighted by atomic mass is 32.1. The van der Waals surface area contributed by atoms with Crippen molar-refractivity contribution in [3.05, 3.63) is 12.1 Å². The number of thiazole rings is 1. The summed E-state index contributed by atoms with van der Waals surface area (Å²) in [7, 11) is 0. The van der Waals surface area contributed by atoms with Gasteiger partial charge < -0.3 is 25.3 Å². The molecule has 1 saturated heterocycles. The average molecular weight is 371 g/mol. The summed E-state index contributed by atoms with van der Waals surface area (Å²) < 4.78 is 40.9. The second kappa shape index (κ2) is 5.75. The summed E-state index contributed by atoms with van der Waals surface area (Å²) in [4.78, 5) is 16.9. The Morgan fingerprint density at radius 1 is 1.28 bits per heavy atom. The zero-order valence-electron chi connectivity index (χ0n) is 13.0. The molecule has 10 heteroatoms. The summed E-state index contributed by atoms with van der Waals surface area (Å²) in [6.45, 7) is 1.19. The number of halogens is 2. The van der Waals surface area contributed by atoms with Crippen molar-refractivity contribution < 1.29 is 27.8 Å². The minimum Gasteiger partial charge on any atom is -0.395 e. The quantitative estimate of drug-likeness (QED) is 0.860. The number of nitrogens with one attached hydrogen (secondary N) is 1. The van der Waals surface area contributed by atoms with Crippen molar-refractivity contribution in [1.29, 1.82) is 0 Å². The van der Waals surface area contributed by atoms with E-state index in [-0.39, 0.29) is 24.0 Å². The zero-order chi connectivity index (χ0) is 17.7. The Labute approximate surface area is 145 Å². The second-order valence-electron chi connectivity index (χ2n) is 6.00. The highest BCUT2D eigenvalue weighted by Crippen LogP contribution is 2.44. The van der Waals surface area contributed by atoms with Crippen LogP contribution in [0.3, 0.4) is 0 Å². The van der Waals surface area contributed by atoms with Gasteiger partial charge >= 0.3 is 6.29 Å². The molecule has 0 radical (unpaired) electrons. The fraction of sp³-hybridized carbons (Fsp3) is 0.467. The van der Waals surface area contributed by atoms with Gasteiger partial charge in [0, 0.05) is 31.9 Å². The Morgan fingerprint density at radius 3 is 2.64 bits per heavy atom. The smallest absolute Gasteiger partial charge is 0.395 e. The fourth-order valence-corrected chi connectivity index (χ4v) is 3.81. The molecule has 0 aliphatic carbocycles. The van der Waals surface area contributed by atoms with Crippen LogP contribution < -0.4 is 20.5 Å². The maximum absolute atomic E-state index is 13.1. The van der Waals surface area contributed by atoms with Gasteiger partial charge in [-0.1, -0.05) is 11.3 Å². The molecule has 0 unspecified atom stereocenters. The molecular formula is C15H15F2N3O4S.